The van der Waals surface area contributed by atoms with Gasteiger partial charge in [-0.2, -0.15) is 13.2 Å². The minimum Gasteiger partial charge on any atom is -0.350 e. The molecule has 4 nitrogen and oxygen atoms in total. The lowest BCUT2D eigenvalue weighted by molar-refractivity contribution is -0.137. The van der Waals surface area contributed by atoms with Gasteiger partial charge in [-0.3, -0.25) is 9.79 Å². The number of anilines is 1. The first-order valence-corrected chi connectivity index (χ1v) is 10.6. The van der Waals surface area contributed by atoms with Gasteiger partial charge in [-0.05, 0) is 37.1 Å². The van der Waals surface area contributed by atoms with Crippen molar-refractivity contribution in [2.75, 3.05) is 12.4 Å². The monoisotopic (exact) mass is 449 g/mol. The summed E-state index contributed by atoms with van der Waals surface area (Å²) in [5.74, 6) is -0.206. The van der Waals surface area contributed by atoms with E-state index in [1.54, 1.807) is 11.8 Å². The number of hydrogen-bond acceptors (Lipinski definition) is 3. The lowest BCUT2D eigenvalue weighted by Crippen LogP contribution is -2.36. The fraction of sp³-hybridized carbons (Fsp3) is 0.600. The fourth-order valence-electron chi connectivity index (χ4n) is 3.72. The Kier molecular flexibility index (Phi) is 8.28. The first kappa shape index (κ1) is 23.9. The molecule has 1 aromatic rings. The maximum atomic E-state index is 12.6. The summed E-state index contributed by atoms with van der Waals surface area (Å²) in [6.45, 7) is 2.08. The minimum atomic E-state index is -4.38. The molecule has 2 atom stereocenters. The Bertz CT molecular complexity index is 721. The highest BCUT2D eigenvalue weighted by atomic mass is 35.5. The van der Waals surface area contributed by atoms with E-state index in [0.29, 0.717) is 11.7 Å². The van der Waals surface area contributed by atoms with Crippen LogP contribution >= 0.6 is 24.2 Å². The molecule has 1 amide bonds. The zero-order valence-corrected chi connectivity index (χ0v) is 18.2. The van der Waals surface area contributed by atoms with E-state index in [9.17, 15) is 18.0 Å². The number of carbonyl (C=O) groups excluding carboxylic acids is 1. The number of amides is 1. The number of alkyl halides is 3. The van der Waals surface area contributed by atoms with Crippen molar-refractivity contribution in [3.63, 3.8) is 0 Å². The number of nitrogens with one attached hydrogen (secondary N) is 1. The van der Waals surface area contributed by atoms with E-state index in [2.05, 4.69) is 17.1 Å². The van der Waals surface area contributed by atoms with Gasteiger partial charge in [0, 0.05) is 24.4 Å². The van der Waals surface area contributed by atoms with Gasteiger partial charge in [-0.15, -0.1) is 12.4 Å². The summed E-state index contributed by atoms with van der Waals surface area (Å²) in [5, 5.41) is 3.92. The van der Waals surface area contributed by atoms with Crippen molar-refractivity contribution in [2.24, 2.45) is 4.99 Å². The molecule has 0 bridgehead atoms. The number of nitrogens with zero attached hydrogens (tertiary/aromatic N) is 2. The fourth-order valence-corrected chi connectivity index (χ4v) is 5.00. The number of rotatable bonds is 4. The molecule has 3 rings (SSSR count). The highest BCUT2D eigenvalue weighted by Crippen LogP contribution is 2.34. The summed E-state index contributed by atoms with van der Waals surface area (Å²) in [5.41, 5.74) is -0.357. The largest absolute Gasteiger partial charge is 0.416 e. The summed E-state index contributed by atoms with van der Waals surface area (Å²) in [6.07, 6.45) is 1.89. The van der Waals surface area contributed by atoms with E-state index in [-0.39, 0.29) is 36.0 Å². The molecule has 1 heterocycles. The minimum absolute atomic E-state index is 0. The molecular weight excluding hydrogens is 423 g/mol. The smallest absolute Gasteiger partial charge is 0.350 e. The van der Waals surface area contributed by atoms with Crippen LogP contribution in [0, 0.1) is 0 Å². The van der Waals surface area contributed by atoms with Crippen LogP contribution in [0.2, 0.25) is 0 Å². The van der Waals surface area contributed by atoms with Crippen LogP contribution in [0.4, 0.5) is 18.9 Å². The first-order valence-electron chi connectivity index (χ1n) is 9.68. The molecule has 9 heteroatoms. The van der Waals surface area contributed by atoms with Crippen molar-refractivity contribution in [2.45, 2.75) is 69.0 Å². The van der Waals surface area contributed by atoms with Gasteiger partial charge in [0.15, 0.2) is 5.17 Å². The highest BCUT2D eigenvalue weighted by Gasteiger charge is 2.36. The Morgan fingerprint density at radius 2 is 1.83 bits per heavy atom. The Labute approximate surface area is 180 Å². The average Bonchev–Trinajstić information content (AvgIpc) is 2.90. The molecule has 29 heavy (non-hydrogen) atoms. The second-order valence-corrected chi connectivity index (χ2v) is 8.88. The molecule has 1 aliphatic heterocycles. The number of halogens is 4. The third kappa shape index (κ3) is 6.28. The van der Waals surface area contributed by atoms with E-state index < -0.39 is 11.7 Å². The van der Waals surface area contributed by atoms with Crippen molar-refractivity contribution >= 4 is 40.9 Å². The van der Waals surface area contributed by atoms with Gasteiger partial charge < -0.3 is 10.2 Å². The zero-order valence-electron chi connectivity index (χ0n) is 16.5. The van der Waals surface area contributed by atoms with Crippen molar-refractivity contribution in [3.8, 4) is 0 Å². The summed E-state index contributed by atoms with van der Waals surface area (Å²) < 4.78 is 37.9. The van der Waals surface area contributed by atoms with Gasteiger partial charge in [-0.25, -0.2) is 0 Å². The molecule has 162 valence electrons. The van der Waals surface area contributed by atoms with Gasteiger partial charge in [-0.1, -0.05) is 37.9 Å². The quantitative estimate of drug-likeness (QED) is 0.652. The Hall–Kier alpha value is -1.41. The van der Waals surface area contributed by atoms with Crippen molar-refractivity contribution < 1.29 is 18.0 Å². The number of amidine groups is 1. The third-order valence-corrected chi connectivity index (χ3v) is 6.68. The summed E-state index contributed by atoms with van der Waals surface area (Å²) in [4.78, 5) is 19.4. The van der Waals surface area contributed by atoms with Crippen LogP contribution in [0.15, 0.2) is 29.3 Å². The van der Waals surface area contributed by atoms with Crippen LogP contribution in [-0.2, 0) is 11.0 Å². The van der Waals surface area contributed by atoms with E-state index >= 15 is 0 Å². The number of benzene rings is 1. The van der Waals surface area contributed by atoms with Crippen LogP contribution in [0.5, 0.6) is 0 Å². The molecule has 1 saturated carbocycles. The molecule has 0 spiro atoms. The van der Waals surface area contributed by atoms with Gasteiger partial charge in [0.1, 0.15) is 0 Å². The summed E-state index contributed by atoms with van der Waals surface area (Å²) in [6, 6.07) is 4.92. The third-order valence-electron chi connectivity index (χ3n) is 5.39. The summed E-state index contributed by atoms with van der Waals surface area (Å²) in [7, 11) is 1.97. The van der Waals surface area contributed by atoms with Crippen LogP contribution in [0.3, 0.4) is 0 Å². The molecule has 1 aliphatic carbocycles. The molecular formula is C20H27ClF3N3OS. The van der Waals surface area contributed by atoms with E-state index in [1.165, 1.54) is 31.4 Å². The van der Waals surface area contributed by atoms with Gasteiger partial charge in [0.25, 0.3) is 0 Å². The maximum Gasteiger partial charge on any atom is 0.416 e. The SMILES string of the molecule is CC1S/C(=N\C2CCCCC2)N(C)C1CC(=O)Nc1ccc(C(F)(F)F)cc1.Cl. The first-order chi connectivity index (χ1) is 13.2. The number of carbonyl (C=O) groups is 1. The second kappa shape index (κ2) is 10.1. The van der Waals surface area contributed by atoms with Crippen LogP contribution in [-0.4, -0.2) is 40.4 Å². The Morgan fingerprint density at radius 1 is 1.21 bits per heavy atom. The number of hydrogen-bond donors (Lipinski definition) is 1. The van der Waals surface area contributed by atoms with Gasteiger partial charge in [0.2, 0.25) is 5.91 Å². The van der Waals surface area contributed by atoms with Crippen molar-refractivity contribution in [1.82, 2.24) is 4.90 Å². The van der Waals surface area contributed by atoms with E-state index in [4.69, 9.17) is 4.99 Å². The normalized spacial score (nSPS) is 24.4. The molecule has 2 unspecified atom stereocenters. The highest BCUT2D eigenvalue weighted by molar-refractivity contribution is 8.14. The van der Waals surface area contributed by atoms with Crippen LogP contribution < -0.4 is 5.32 Å². The Morgan fingerprint density at radius 3 is 2.41 bits per heavy atom. The molecule has 1 aromatic carbocycles. The second-order valence-electron chi connectivity index (χ2n) is 7.53. The standard InChI is InChI=1S/C20H26F3N3OS.ClH/c1-13-17(26(2)19(28-13)25-15-6-4-3-5-7-15)12-18(27)24-16-10-8-14(9-11-16)20(21,22)23;/h8-11,13,15,17H,3-7,12H2,1-2H3,(H,24,27);1H/b25-19-;. The lowest BCUT2D eigenvalue weighted by Gasteiger charge is -2.24. The molecule has 2 aliphatic rings. The predicted octanol–water partition coefficient (Wildman–Crippen LogP) is 5.58. The summed E-state index contributed by atoms with van der Waals surface area (Å²) >= 11 is 1.70. The average molecular weight is 450 g/mol. The van der Waals surface area contributed by atoms with Crippen molar-refractivity contribution in [3.05, 3.63) is 29.8 Å². The Balaban J connectivity index is 0.00000300. The van der Waals surface area contributed by atoms with Gasteiger partial charge >= 0.3 is 6.18 Å². The topological polar surface area (TPSA) is 44.7 Å². The van der Waals surface area contributed by atoms with Crippen molar-refractivity contribution in [1.29, 1.82) is 0 Å². The molecule has 0 aromatic heterocycles. The maximum absolute atomic E-state index is 12.6. The molecule has 0 radical (unpaired) electrons. The number of thioether (sulfide) groups is 1. The predicted molar refractivity (Wildman–Crippen MR) is 115 cm³/mol. The van der Waals surface area contributed by atoms with Crippen LogP contribution in [0.1, 0.15) is 51.0 Å². The molecule has 1 saturated heterocycles. The lowest BCUT2D eigenvalue weighted by atomic mass is 9.96. The van der Waals surface area contributed by atoms with E-state index in [1.807, 2.05) is 7.05 Å². The molecule has 1 N–H and O–H groups in total. The number of aliphatic imine (C=N–C) groups is 1. The van der Waals surface area contributed by atoms with Crippen LogP contribution in [0.25, 0.3) is 0 Å². The van der Waals surface area contributed by atoms with E-state index in [0.717, 1.165) is 30.1 Å². The van der Waals surface area contributed by atoms with Gasteiger partial charge in [0.05, 0.1) is 17.6 Å². The molecule has 2 fully saturated rings. The zero-order chi connectivity index (χ0) is 20.3.